The van der Waals surface area contributed by atoms with Crippen LogP contribution in [0.5, 0.6) is 0 Å². The fourth-order valence-electron chi connectivity index (χ4n) is 2.53. The van der Waals surface area contributed by atoms with E-state index >= 15 is 0 Å². The van der Waals surface area contributed by atoms with E-state index in [1.165, 1.54) is 0 Å². The number of hydrogen-bond acceptors (Lipinski definition) is 2. The second-order valence-electron chi connectivity index (χ2n) is 5.37. The topological polar surface area (TPSA) is 48.0 Å². The number of nitrogens with zero attached hydrogens (tertiary/aromatic N) is 1. The highest BCUT2D eigenvalue weighted by Crippen LogP contribution is 2.34. The van der Waals surface area contributed by atoms with Crippen LogP contribution in [0.25, 0.3) is 0 Å². The molecule has 1 aliphatic carbocycles. The molecule has 2 N–H and O–H groups in total. The minimum absolute atomic E-state index is 0.0370. The van der Waals surface area contributed by atoms with Crippen LogP contribution in [0.4, 0.5) is 0 Å². The molecular formula is C16H17ClN2O. The SMILES string of the molecule is Cc1ccc(C(N)c2ccc(Cl)cc2)c(=O)n1C1CC1. The maximum atomic E-state index is 12.6. The van der Waals surface area contributed by atoms with Gasteiger partial charge >= 0.3 is 0 Å². The molecule has 104 valence electrons. The van der Waals surface area contributed by atoms with Gasteiger partial charge in [-0.25, -0.2) is 0 Å². The lowest BCUT2D eigenvalue weighted by atomic mass is 10.0. The van der Waals surface area contributed by atoms with Crippen LogP contribution in [0.2, 0.25) is 5.02 Å². The molecule has 1 aromatic carbocycles. The highest BCUT2D eigenvalue weighted by molar-refractivity contribution is 6.30. The molecule has 0 radical (unpaired) electrons. The Bertz CT molecular complexity index is 687. The van der Waals surface area contributed by atoms with Crippen LogP contribution in [-0.2, 0) is 0 Å². The Labute approximate surface area is 123 Å². The van der Waals surface area contributed by atoms with Gasteiger partial charge in [0.25, 0.3) is 5.56 Å². The van der Waals surface area contributed by atoms with E-state index < -0.39 is 6.04 Å². The molecule has 3 rings (SSSR count). The van der Waals surface area contributed by atoms with Gasteiger partial charge in [-0.05, 0) is 49.6 Å². The maximum Gasteiger partial charge on any atom is 0.256 e. The largest absolute Gasteiger partial charge is 0.320 e. The Morgan fingerprint density at radius 1 is 1.20 bits per heavy atom. The molecule has 2 aromatic rings. The lowest BCUT2D eigenvalue weighted by Crippen LogP contribution is -2.29. The Morgan fingerprint density at radius 3 is 2.45 bits per heavy atom. The molecule has 1 atom stereocenters. The Morgan fingerprint density at radius 2 is 1.85 bits per heavy atom. The standard InChI is InChI=1S/C16H17ClN2O/c1-10-2-9-14(16(20)19(10)13-7-8-13)15(18)11-3-5-12(17)6-4-11/h2-6,9,13,15H,7-8,18H2,1H3. The predicted molar refractivity (Wildman–Crippen MR) is 81.2 cm³/mol. The van der Waals surface area contributed by atoms with Gasteiger partial charge < -0.3 is 10.3 Å². The second kappa shape index (κ2) is 5.08. The smallest absolute Gasteiger partial charge is 0.256 e. The van der Waals surface area contributed by atoms with Gasteiger partial charge in [-0.15, -0.1) is 0 Å². The summed E-state index contributed by atoms with van der Waals surface area (Å²) in [5, 5.41) is 0.667. The fraction of sp³-hybridized carbons (Fsp3) is 0.312. The monoisotopic (exact) mass is 288 g/mol. The minimum atomic E-state index is -0.412. The number of aromatic nitrogens is 1. The maximum absolute atomic E-state index is 12.6. The molecule has 0 bridgehead atoms. The molecule has 0 amide bonds. The van der Waals surface area contributed by atoms with Crippen LogP contribution in [0.15, 0.2) is 41.2 Å². The Hall–Kier alpha value is -1.58. The van der Waals surface area contributed by atoms with E-state index in [2.05, 4.69) is 0 Å². The van der Waals surface area contributed by atoms with Gasteiger partial charge in [0.15, 0.2) is 0 Å². The van der Waals surface area contributed by atoms with Crippen LogP contribution in [0.3, 0.4) is 0 Å². The molecule has 0 spiro atoms. The summed E-state index contributed by atoms with van der Waals surface area (Å²) in [5.41, 5.74) is 8.84. The zero-order valence-electron chi connectivity index (χ0n) is 11.3. The third kappa shape index (κ3) is 2.39. The van der Waals surface area contributed by atoms with Crippen molar-refractivity contribution in [1.29, 1.82) is 0 Å². The lowest BCUT2D eigenvalue weighted by molar-refractivity contribution is 0.662. The number of aryl methyl sites for hydroxylation is 1. The highest BCUT2D eigenvalue weighted by Gasteiger charge is 2.27. The molecule has 0 aliphatic heterocycles. The van der Waals surface area contributed by atoms with Crippen molar-refractivity contribution in [2.45, 2.75) is 31.8 Å². The molecule has 20 heavy (non-hydrogen) atoms. The van der Waals surface area contributed by atoms with Crippen LogP contribution in [0, 0.1) is 6.92 Å². The van der Waals surface area contributed by atoms with Crippen molar-refractivity contribution in [2.75, 3.05) is 0 Å². The van der Waals surface area contributed by atoms with E-state index in [1.54, 1.807) is 12.1 Å². The number of hydrogen-bond donors (Lipinski definition) is 1. The van der Waals surface area contributed by atoms with Gasteiger partial charge in [-0.2, -0.15) is 0 Å². The quantitative estimate of drug-likeness (QED) is 0.943. The van der Waals surface area contributed by atoms with E-state index in [9.17, 15) is 4.79 Å². The minimum Gasteiger partial charge on any atom is -0.320 e. The molecular weight excluding hydrogens is 272 g/mol. The number of halogens is 1. The van der Waals surface area contributed by atoms with E-state index in [1.807, 2.05) is 35.8 Å². The van der Waals surface area contributed by atoms with Crippen molar-refractivity contribution in [2.24, 2.45) is 5.73 Å². The summed E-state index contributed by atoms with van der Waals surface area (Å²) in [5.74, 6) is 0. The lowest BCUT2D eigenvalue weighted by Gasteiger charge is -2.16. The zero-order chi connectivity index (χ0) is 14.3. The summed E-state index contributed by atoms with van der Waals surface area (Å²) >= 11 is 5.88. The molecule has 4 heteroatoms. The zero-order valence-corrected chi connectivity index (χ0v) is 12.1. The normalized spacial score (nSPS) is 16.1. The summed E-state index contributed by atoms with van der Waals surface area (Å²) in [6.45, 7) is 1.97. The summed E-state index contributed by atoms with van der Waals surface area (Å²) in [6, 6.07) is 11.1. The highest BCUT2D eigenvalue weighted by atomic mass is 35.5. The molecule has 1 aromatic heterocycles. The first-order chi connectivity index (χ1) is 9.58. The van der Waals surface area contributed by atoms with Crippen LogP contribution in [0.1, 0.15) is 41.7 Å². The summed E-state index contributed by atoms with van der Waals surface area (Å²) < 4.78 is 1.88. The van der Waals surface area contributed by atoms with Gasteiger partial charge in [0.1, 0.15) is 0 Å². The van der Waals surface area contributed by atoms with Crippen molar-refractivity contribution >= 4 is 11.6 Å². The van der Waals surface area contributed by atoms with E-state index in [0.29, 0.717) is 16.6 Å². The molecule has 1 aliphatic rings. The summed E-state index contributed by atoms with van der Waals surface area (Å²) in [4.78, 5) is 12.6. The van der Waals surface area contributed by atoms with Crippen LogP contribution >= 0.6 is 11.6 Å². The molecule has 1 heterocycles. The van der Waals surface area contributed by atoms with E-state index in [-0.39, 0.29) is 5.56 Å². The number of rotatable bonds is 3. The third-order valence-corrected chi connectivity index (χ3v) is 4.08. The molecule has 1 unspecified atom stereocenters. The summed E-state index contributed by atoms with van der Waals surface area (Å²) in [6.07, 6.45) is 2.17. The summed E-state index contributed by atoms with van der Waals surface area (Å²) in [7, 11) is 0. The number of pyridine rings is 1. The second-order valence-corrected chi connectivity index (χ2v) is 5.80. The number of nitrogens with two attached hydrogens (primary N) is 1. The molecule has 1 saturated carbocycles. The first kappa shape index (κ1) is 13.4. The van der Waals surface area contributed by atoms with Gasteiger partial charge in [0.05, 0.1) is 6.04 Å². The average molecular weight is 289 g/mol. The molecule has 0 saturated heterocycles. The number of benzene rings is 1. The average Bonchev–Trinajstić information content (AvgIpc) is 3.24. The molecule has 3 nitrogen and oxygen atoms in total. The van der Waals surface area contributed by atoms with Gasteiger partial charge in [0.2, 0.25) is 0 Å². The fourth-order valence-corrected chi connectivity index (χ4v) is 2.66. The third-order valence-electron chi connectivity index (χ3n) is 3.83. The van der Waals surface area contributed by atoms with E-state index in [4.69, 9.17) is 17.3 Å². The van der Waals surface area contributed by atoms with Crippen molar-refractivity contribution in [3.8, 4) is 0 Å². The van der Waals surface area contributed by atoms with Crippen LogP contribution < -0.4 is 11.3 Å². The van der Waals surface area contributed by atoms with Crippen molar-refractivity contribution in [3.05, 3.63) is 68.6 Å². The van der Waals surface area contributed by atoms with Crippen molar-refractivity contribution in [3.63, 3.8) is 0 Å². The first-order valence-corrected chi connectivity index (χ1v) is 7.19. The predicted octanol–water partition coefficient (Wildman–Crippen LogP) is 3.19. The Kier molecular flexibility index (Phi) is 3.40. The van der Waals surface area contributed by atoms with Crippen molar-refractivity contribution < 1.29 is 0 Å². The molecule has 1 fully saturated rings. The first-order valence-electron chi connectivity index (χ1n) is 6.81. The Balaban J connectivity index is 2.03. The van der Waals surface area contributed by atoms with Crippen molar-refractivity contribution in [1.82, 2.24) is 4.57 Å². The van der Waals surface area contributed by atoms with Crippen LogP contribution in [-0.4, -0.2) is 4.57 Å². The van der Waals surface area contributed by atoms with Gasteiger partial charge in [0, 0.05) is 22.3 Å². The van der Waals surface area contributed by atoms with Gasteiger partial charge in [-0.1, -0.05) is 23.7 Å². The van der Waals surface area contributed by atoms with Gasteiger partial charge in [-0.3, -0.25) is 4.79 Å². The van der Waals surface area contributed by atoms with E-state index in [0.717, 1.165) is 24.1 Å².